The van der Waals surface area contributed by atoms with Crippen LogP contribution in [0.2, 0.25) is 0 Å². The predicted octanol–water partition coefficient (Wildman–Crippen LogP) is 2.91. The summed E-state index contributed by atoms with van der Waals surface area (Å²) in [5.74, 6) is -1.28. The largest absolute Gasteiger partial charge is 0.497 e. The maximum absolute atomic E-state index is 13.6. The predicted molar refractivity (Wildman–Crippen MR) is 70.8 cm³/mol. The molecule has 0 aliphatic rings. The molecule has 6 heteroatoms. The van der Waals surface area contributed by atoms with Crippen molar-refractivity contribution in [3.05, 3.63) is 47.8 Å². The van der Waals surface area contributed by atoms with Crippen LogP contribution in [0.4, 0.5) is 10.1 Å². The lowest BCUT2D eigenvalue weighted by Crippen LogP contribution is -2.03. The van der Waals surface area contributed by atoms with Crippen molar-refractivity contribution in [2.45, 2.75) is 0 Å². The Bertz CT molecular complexity index is 658. The minimum Gasteiger partial charge on any atom is -0.497 e. The number of methoxy groups -OCH3 is 1. The lowest BCUT2D eigenvalue weighted by Gasteiger charge is -2.10. The van der Waals surface area contributed by atoms with Crippen molar-refractivity contribution in [3.8, 4) is 17.2 Å². The molecule has 0 unspecified atom stereocenters. The first-order valence-corrected chi connectivity index (χ1v) is 5.65. The van der Waals surface area contributed by atoms with Crippen LogP contribution in [0.25, 0.3) is 0 Å². The lowest BCUT2D eigenvalue weighted by atomic mass is 10.1. The van der Waals surface area contributed by atoms with Gasteiger partial charge in [0.1, 0.15) is 17.3 Å². The molecular weight excluding hydrogens is 265 g/mol. The molecule has 0 heterocycles. The number of anilines is 1. The van der Waals surface area contributed by atoms with Crippen LogP contribution in [-0.4, -0.2) is 18.2 Å². The van der Waals surface area contributed by atoms with Crippen molar-refractivity contribution in [1.29, 1.82) is 0 Å². The van der Waals surface area contributed by atoms with Gasteiger partial charge in [-0.3, -0.25) is 0 Å². The number of hydrogen-bond acceptors (Lipinski definition) is 4. The van der Waals surface area contributed by atoms with Crippen LogP contribution in [0.3, 0.4) is 0 Å². The lowest BCUT2D eigenvalue weighted by molar-refractivity contribution is 0.0692. The molecule has 0 amide bonds. The Morgan fingerprint density at radius 3 is 2.60 bits per heavy atom. The number of halogens is 1. The van der Waals surface area contributed by atoms with Crippen molar-refractivity contribution >= 4 is 11.7 Å². The van der Waals surface area contributed by atoms with Crippen LogP contribution in [0.5, 0.6) is 17.2 Å². The van der Waals surface area contributed by atoms with Gasteiger partial charge in [0, 0.05) is 12.1 Å². The zero-order chi connectivity index (χ0) is 14.7. The molecule has 0 saturated carbocycles. The van der Waals surface area contributed by atoms with Crippen LogP contribution in [0.15, 0.2) is 36.4 Å². The Hall–Kier alpha value is -2.76. The zero-order valence-corrected chi connectivity index (χ0v) is 10.6. The number of hydrogen-bond donors (Lipinski definition) is 2. The first kappa shape index (κ1) is 13.7. The second-order valence-corrected chi connectivity index (χ2v) is 3.96. The van der Waals surface area contributed by atoms with E-state index in [2.05, 4.69) is 0 Å². The number of ether oxygens (including phenoxy) is 2. The minimum absolute atomic E-state index is 0.0339. The van der Waals surface area contributed by atoms with Gasteiger partial charge in [0.25, 0.3) is 0 Å². The molecule has 0 spiro atoms. The van der Waals surface area contributed by atoms with Gasteiger partial charge in [0.2, 0.25) is 0 Å². The fourth-order valence-electron chi connectivity index (χ4n) is 1.62. The highest BCUT2D eigenvalue weighted by Crippen LogP contribution is 2.31. The van der Waals surface area contributed by atoms with Gasteiger partial charge in [0.05, 0.1) is 18.4 Å². The van der Waals surface area contributed by atoms with Gasteiger partial charge in [-0.2, -0.15) is 0 Å². The molecule has 5 nitrogen and oxygen atoms in total. The van der Waals surface area contributed by atoms with Gasteiger partial charge < -0.3 is 20.3 Å². The van der Waals surface area contributed by atoms with Crippen molar-refractivity contribution < 1.29 is 23.8 Å². The second kappa shape index (κ2) is 5.48. The summed E-state index contributed by atoms with van der Waals surface area (Å²) in [6, 6.07) is 8.63. The van der Waals surface area contributed by atoms with Crippen LogP contribution in [0.1, 0.15) is 10.4 Å². The van der Waals surface area contributed by atoms with E-state index in [9.17, 15) is 9.18 Å². The molecule has 0 bridgehead atoms. The Labute approximate surface area is 114 Å². The molecule has 104 valence electrons. The van der Waals surface area contributed by atoms with E-state index in [1.165, 1.54) is 7.11 Å². The molecule has 2 aromatic carbocycles. The summed E-state index contributed by atoms with van der Waals surface area (Å²) >= 11 is 0. The SMILES string of the molecule is COc1cccc(Oc2cc(F)c(C(=O)O)cc2N)c1. The van der Waals surface area contributed by atoms with E-state index in [1.807, 2.05) is 0 Å². The third kappa shape index (κ3) is 2.80. The third-order valence-electron chi connectivity index (χ3n) is 2.60. The summed E-state index contributed by atoms with van der Waals surface area (Å²) in [5, 5.41) is 8.79. The second-order valence-electron chi connectivity index (χ2n) is 3.96. The number of carboxylic acid groups (broad SMARTS) is 1. The molecule has 2 aromatic rings. The molecule has 0 fully saturated rings. The van der Waals surface area contributed by atoms with E-state index in [1.54, 1.807) is 24.3 Å². The van der Waals surface area contributed by atoms with Crippen LogP contribution in [-0.2, 0) is 0 Å². The molecule has 0 radical (unpaired) electrons. The van der Waals surface area contributed by atoms with Crippen LogP contribution >= 0.6 is 0 Å². The summed E-state index contributed by atoms with van der Waals surface area (Å²) in [6.07, 6.45) is 0. The van der Waals surface area contributed by atoms with Gasteiger partial charge in [-0.05, 0) is 18.2 Å². The van der Waals surface area contributed by atoms with Gasteiger partial charge in [0.15, 0.2) is 5.75 Å². The van der Waals surface area contributed by atoms with E-state index >= 15 is 0 Å². The first-order chi connectivity index (χ1) is 9.51. The summed E-state index contributed by atoms with van der Waals surface area (Å²) < 4.78 is 24.1. The molecule has 3 N–H and O–H groups in total. The molecule has 2 rings (SSSR count). The van der Waals surface area contributed by atoms with Crippen molar-refractivity contribution in [2.24, 2.45) is 0 Å². The topological polar surface area (TPSA) is 81.8 Å². The number of nitrogen functional groups attached to an aromatic ring is 1. The third-order valence-corrected chi connectivity index (χ3v) is 2.60. The molecule has 0 aliphatic carbocycles. The molecule has 0 aliphatic heterocycles. The highest BCUT2D eigenvalue weighted by Gasteiger charge is 2.15. The minimum atomic E-state index is -1.39. The first-order valence-electron chi connectivity index (χ1n) is 5.65. The number of rotatable bonds is 4. The quantitative estimate of drug-likeness (QED) is 0.840. The Morgan fingerprint density at radius 1 is 1.25 bits per heavy atom. The molecule has 0 saturated heterocycles. The van der Waals surface area contributed by atoms with Crippen LogP contribution < -0.4 is 15.2 Å². The van der Waals surface area contributed by atoms with E-state index in [4.69, 9.17) is 20.3 Å². The average molecular weight is 277 g/mol. The number of aromatic carboxylic acids is 1. The molecule has 0 aromatic heterocycles. The van der Waals surface area contributed by atoms with E-state index in [-0.39, 0.29) is 11.4 Å². The average Bonchev–Trinajstić information content (AvgIpc) is 2.42. The molecular formula is C14H12FNO4. The number of carbonyl (C=O) groups is 1. The maximum Gasteiger partial charge on any atom is 0.338 e. The fraction of sp³-hybridized carbons (Fsp3) is 0.0714. The van der Waals surface area contributed by atoms with Crippen molar-refractivity contribution in [3.63, 3.8) is 0 Å². The summed E-state index contributed by atoms with van der Waals surface area (Å²) in [4.78, 5) is 10.8. The van der Waals surface area contributed by atoms with Crippen LogP contribution in [0, 0.1) is 5.82 Å². The summed E-state index contributed by atoms with van der Waals surface area (Å²) in [5.41, 5.74) is 5.19. The number of carboxylic acids is 1. The normalized spacial score (nSPS) is 10.1. The maximum atomic E-state index is 13.6. The van der Waals surface area contributed by atoms with Gasteiger partial charge >= 0.3 is 5.97 Å². The van der Waals surface area contributed by atoms with Gasteiger partial charge in [-0.15, -0.1) is 0 Å². The van der Waals surface area contributed by atoms with Gasteiger partial charge in [-0.1, -0.05) is 6.07 Å². The molecule has 20 heavy (non-hydrogen) atoms. The Balaban J connectivity index is 2.34. The van der Waals surface area contributed by atoms with E-state index in [0.717, 1.165) is 12.1 Å². The number of nitrogens with two attached hydrogens (primary N) is 1. The number of benzene rings is 2. The summed E-state index contributed by atoms with van der Waals surface area (Å²) in [6.45, 7) is 0. The highest BCUT2D eigenvalue weighted by molar-refractivity contribution is 5.89. The van der Waals surface area contributed by atoms with Crippen molar-refractivity contribution in [2.75, 3.05) is 12.8 Å². The van der Waals surface area contributed by atoms with Crippen molar-refractivity contribution in [1.82, 2.24) is 0 Å². The van der Waals surface area contributed by atoms with E-state index < -0.39 is 17.3 Å². The summed E-state index contributed by atoms with van der Waals surface area (Å²) in [7, 11) is 1.51. The fourth-order valence-corrected chi connectivity index (χ4v) is 1.62. The Morgan fingerprint density at radius 2 is 1.95 bits per heavy atom. The standard InChI is InChI=1S/C14H12FNO4/c1-19-8-3-2-4-9(5-8)20-13-7-11(15)10(14(17)18)6-12(13)16/h2-7H,16H2,1H3,(H,17,18). The van der Waals surface area contributed by atoms with E-state index in [0.29, 0.717) is 11.5 Å². The smallest absolute Gasteiger partial charge is 0.338 e. The Kier molecular flexibility index (Phi) is 3.74. The zero-order valence-electron chi connectivity index (χ0n) is 10.6. The van der Waals surface area contributed by atoms with Gasteiger partial charge in [-0.25, -0.2) is 9.18 Å². The highest BCUT2D eigenvalue weighted by atomic mass is 19.1. The monoisotopic (exact) mass is 277 g/mol. The molecule has 0 atom stereocenters.